The third kappa shape index (κ3) is 2.57. The number of carbonyl (C=O) groups is 3. The molecule has 0 aromatic carbocycles. The average molecular weight is 294 g/mol. The number of hydrogen-bond acceptors (Lipinski definition) is 4. The molecule has 3 aliphatic rings. The lowest BCUT2D eigenvalue weighted by Gasteiger charge is -2.37. The third-order valence-corrected chi connectivity index (χ3v) is 4.96. The van der Waals surface area contributed by atoms with Gasteiger partial charge in [-0.3, -0.25) is 19.8 Å². The summed E-state index contributed by atoms with van der Waals surface area (Å²) in [5.41, 5.74) is -0.985. The highest BCUT2D eigenvalue weighted by atomic mass is 16.5. The molecule has 1 atom stereocenters. The zero-order valence-corrected chi connectivity index (χ0v) is 12.2. The van der Waals surface area contributed by atoms with Gasteiger partial charge in [0.25, 0.3) is 0 Å². The average Bonchev–Trinajstić information content (AvgIpc) is 2.97. The fraction of sp³-hybridized carbons (Fsp3) is 0.800. The Morgan fingerprint density at radius 1 is 1.14 bits per heavy atom. The molecule has 3 rings (SSSR count). The van der Waals surface area contributed by atoms with Gasteiger partial charge in [0, 0.05) is 13.2 Å². The highest BCUT2D eigenvalue weighted by Gasteiger charge is 2.54. The maximum absolute atomic E-state index is 12.6. The second kappa shape index (κ2) is 5.75. The number of urea groups is 1. The number of nitrogens with zero attached hydrogens (tertiary/aromatic N) is 1. The molecule has 0 radical (unpaired) electrons. The molecule has 1 unspecified atom stereocenters. The number of imide groups is 2. The van der Waals surface area contributed by atoms with Crippen molar-refractivity contribution >= 4 is 17.8 Å². The fourth-order valence-electron chi connectivity index (χ4n) is 3.66. The van der Waals surface area contributed by atoms with Crippen molar-refractivity contribution in [3.8, 4) is 0 Å². The first kappa shape index (κ1) is 14.5. The summed E-state index contributed by atoms with van der Waals surface area (Å²) in [6.45, 7) is 1.09. The maximum Gasteiger partial charge on any atom is 0.330 e. The summed E-state index contributed by atoms with van der Waals surface area (Å²) in [5.74, 6) is -0.704. The SMILES string of the molecule is O=C1NC(=O)C2(CCCC2)C(=O)N1CCC1CCCCO1. The monoisotopic (exact) mass is 294 g/mol. The number of amides is 4. The van der Waals surface area contributed by atoms with Gasteiger partial charge >= 0.3 is 6.03 Å². The van der Waals surface area contributed by atoms with E-state index in [1.54, 1.807) is 0 Å². The summed E-state index contributed by atoms with van der Waals surface area (Å²) >= 11 is 0. The minimum absolute atomic E-state index is 0.122. The predicted octanol–water partition coefficient (Wildman–Crippen LogP) is 1.58. The lowest BCUT2D eigenvalue weighted by Crippen LogP contribution is -2.63. The van der Waals surface area contributed by atoms with Gasteiger partial charge in [-0.2, -0.15) is 0 Å². The molecule has 116 valence electrons. The highest BCUT2D eigenvalue weighted by molar-refractivity contribution is 6.19. The molecule has 2 heterocycles. The van der Waals surface area contributed by atoms with Crippen molar-refractivity contribution in [1.29, 1.82) is 0 Å². The normalized spacial score (nSPS) is 29.0. The second-order valence-corrected chi connectivity index (χ2v) is 6.28. The van der Waals surface area contributed by atoms with Crippen molar-refractivity contribution < 1.29 is 19.1 Å². The molecular formula is C15H22N2O4. The van der Waals surface area contributed by atoms with Crippen LogP contribution >= 0.6 is 0 Å². The van der Waals surface area contributed by atoms with E-state index in [0.29, 0.717) is 25.8 Å². The molecule has 0 aromatic rings. The van der Waals surface area contributed by atoms with Crippen LogP contribution in [-0.2, 0) is 14.3 Å². The molecule has 6 heteroatoms. The zero-order valence-electron chi connectivity index (χ0n) is 12.2. The number of carbonyl (C=O) groups excluding carboxylic acids is 3. The van der Waals surface area contributed by atoms with Crippen LogP contribution in [0.2, 0.25) is 0 Å². The number of nitrogens with one attached hydrogen (secondary N) is 1. The molecule has 1 saturated carbocycles. The lowest BCUT2D eigenvalue weighted by atomic mass is 9.82. The Hall–Kier alpha value is -1.43. The number of hydrogen-bond donors (Lipinski definition) is 1. The number of ether oxygens (including phenoxy) is 1. The molecule has 4 amide bonds. The van der Waals surface area contributed by atoms with Crippen LogP contribution in [0.4, 0.5) is 4.79 Å². The molecule has 2 saturated heterocycles. The minimum atomic E-state index is -0.985. The Labute approximate surface area is 124 Å². The van der Waals surface area contributed by atoms with Crippen molar-refractivity contribution in [3.05, 3.63) is 0 Å². The zero-order chi connectivity index (χ0) is 14.9. The standard InChI is InChI=1S/C15H22N2O4/c18-12-15(7-2-3-8-15)13(19)17(14(20)16-12)9-6-11-5-1-4-10-21-11/h11H,1-10H2,(H,16,18,20). The predicted molar refractivity (Wildman–Crippen MR) is 74.4 cm³/mol. The Morgan fingerprint density at radius 3 is 2.57 bits per heavy atom. The second-order valence-electron chi connectivity index (χ2n) is 6.28. The largest absolute Gasteiger partial charge is 0.378 e. The molecular weight excluding hydrogens is 272 g/mol. The van der Waals surface area contributed by atoms with Gasteiger partial charge in [0.2, 0.25) is 11.8 Å². The smallest absolute Gasteiger partial charge is 0.330 e. The van der Waals surface area contributed by atoms with Crippen molar-refractivity contribution in [2.24, 2.45) is 5.41 Å². The summed E-state index contributed by atoms with van der Waals surface area (Å²) in [6, 6.07) is -0.571. The van der Waals surface area contributed by atoms with Crippen molar-refractivity contribution in [2.45, 2.75) is 57.5 Å². The lowest BCUT2D eigenvalue weighted by molar-refractivity contribution is -0.151. The van der Waals surface area contributed by atoms with E-state index in [9.17, 15) is 14.4 Å². The molecule has 3 fully saturated rings. The van der Waals surface area contributed by atoms with Gasteiger partial charge < -0.3 is 4.74 Å². The summed E-state index contributed by atoms with van der Waals surface area (Å²) in [6.07, 6.45) is 6.82. The van der Waals surface area contributed by atoms with Gasteiger partial charge in [-0.25, -0.2) is 4.79 Å². The van der Waals surface area contributed by atoms with Gasteiger partial charge in [0.05, 0.1) is 6.10 Å². The Kier molecular flexibility index (Phi) is 3.97. The molecule has 6 nitrogen and oxygen atoms in total. The molecule has 0 bridgehead atoms. The van der Waals surface area contributed by atoms with Crippen molar-refractivity contribution in [3.63, 3.8) is 0 Å². The molecule has 21 heavy (non-hydrogen) atoms. The first-order valence-corrected chi connectivity index (χ1v) is 7.92. The van der Waals surface area contributed by atoms with Gasteiger partial charge in [-0.1, -0.05) is 12.8 Å². The molecule has 1 aliphatic carbocycles. The molecule has 2 aliphatic heterocycles. The quantitative estimate of drug-likeness (QED) is 0.802. The Balaban J connectivity index is 1.67. The summed E-state index contributed by atoms with van der Waals surface area (Å²) < 4.78 is 5.64. The van der Waals surface area contributed by atoms with E-state index in [-0.39, 0.29) is 12.0 Å². The minimum Gasteiger partial charge on any atom is -0.378 e. The first-order valence-electron chi connectivity index (χ1n) is 7.92. The fourth-order valence-corrected chi connectivity index (χ4v) is 3.66. The van der Waals surface area contributed by atoms with Gasteiger partial charge in [0.1, 0.15) is 5.41 Å². The van der Waals surface area contributed by atoms with Crippen LogP contribution in [-0.4, -0.2) is 42.0 Å². The van der Waals surface area contributed by atoms with Gasteiger partial charge in [0.15, 0.2) is 0 Å². The summed E-state index contributed by atoms with van der Waals surface area (Å²) in [4.78, 5) is 37.9. The van der Waals surface area contributed by atoms with Gasteiger partial charge in [-0.15, -0.1) is 0 Å². The van der Waals surface area contributed by atoms with E-state index >= 15 is 0 Å². The molecule has 1 spiro atoms. The third-order valence-electron chi connectivity index (χ3n) is 4.96. The first-order chi connectivity index (χ1) is 10.1. The van der Waals surface area contributed by atoms with Gasteiger partial charge in [-0.05, 0) is 38.5 Å². The van der Waals surface area contributed by atoms with Crippen molar-refractivity contribution in [2.75, 3.05) is 13.2 Å². The van der Waals surface area contributed by atoms with Crippen LogP contribution in [0.3, 0.4) is 0 Å². The highest BCUT2D eigenvalue weighted by Crippen LogP contribution is 2.41. The van der Waals surface area contributed by atoms with Crippen LogP contribution in [0.25, 0.3) is 0 Å². The van der Waals surface area contributed by atoms with E-state index in [4.69, 9.17) is 4.74 Å². The van der Waals surface area contributed by atoms with Crippen molar-refractivity contribution in [1.82, 2.24) is 10.2 Å². The number of rotatable bonds is 3. The van der Waals surface area contributed by atoms with E-state index in [2.05, 4.69) is 5.32 Å². The van der Waals surface area contributed by atoms with E-state index in [1.807, 2.05) is 0 Å². The molecule has 1 N–H and O–H groups in total. The van der Waals surface area contributed by atoms with E-state index < -0.39 is 17.4 Å². The summed E-state index contributed by atoms with van der Waals surface area (Å²) in [7, 11) is 0. The topological polar surface area (TPSA) is 75.7 Å². The Morgan fingerprint density at radius 2 is 1.90 bits per heavy atom. The van der Waals surface area contributed by atoms with Crippen LogP contribution in [0.1, 0.15) is 51.4 Å². The van der Waals surface area contributed by atoms with E-state index in [1.165, 1.54) is 4.90 Å². The van der Waals surface area contributed by atoms with Crippen LogP contribution < -0.4 is 5.32 Å². The number of barbiturate groups is 1. The molecule has 0 aromatic heterocycles. The van der Waals surface area contributed by atoms with Crippen LogP contribution in [0.15, 0.2) is 0 Å². The van der Waals surface area contributed by atoms with Crippen LogP contribution in [0, 0.1) is 5.41 Å². The van der Waals surface area contributed by atoms with E-state index in [0.717, 1.165) is 38.7 Å². The Bertz CT molecular complexity index is 451. The summed E-state index contributed by atoms with van der Waals surface area (Å²) in [5, 5.41) is 2.37. The maximum atomic E-state index is 12.6. The van der Waals surface area contributed by atoms with Crippen LogP contribution in [0.5, 0.6) is 0 Å².